The number of hydrogen-bond donors (Lipinski definition) is 0. The Labute approximate surface area is 137 Å². The Morgan fingerprint density at radius 2 is 1.92 bits per heavy atom. The Kier molecular flexibility index (Phi) is 4.11. The van der Waals surface area contributed by atoms with Gasteiger partial charge >= 0.3 is 0 Å². The van der Waals surface area contributed by atoms with Crippen LogP contribution in [0.25, 0.3) is 11.0 Å². The van der Waals surface area contributed by atoms with E-state index in [1.54, 1.807) is 11.0 Å². The average Bonchev–Trinajstić information content (AvgIpc) is 3.02. The maximum Gasteiger partial charge on any atom is 0.282 e. The van der Waals surface area contributed by atoms with E-state index in [4.69, 9.17) is 9.47 Å². The minimum absolute atomic E-state index is 0.124. The number of hydrogen-bond acceptors (Lipinski definition) is 6. The normalized spacial score (nSPS) is 11.1. The van der Waals surface area contributed by atoms with E-state index in [0.717, 1.165) is 11.0 Å². The predicted molar refractivity (Wildman–Crippen MR) is 88.9 cm³/mol. The van der Waals surface area contributed by atoms with Crippen molar-refractivity contribution in [3.63, 3.8) is 0 Å². The molecule has 0 N–H and O–H groups in total. The molecule has 0 bridgehead atoms. The molecule has 1 aromatic heterocycles. The quantitative estimate of drug-likeness (QED) is 0.408. The molecule has 0 saturated heterocycles. The Morgan fingerprint density at radius 3 is 2.62 bits per heavy atom. The van der Waals surface area contributed by atoms with Crippen molar-refractivity contribution in [1.29, 1.82) is 0 Å². The molecule has 3 aromatic rings. The fourth-order valence-corrected chi connectivity index (χ4v) is 2.31. The number of nitrogens with zero attached hydrogens (tertiary/aromatic N) is 4. The Bertz CT molecular complexity index is 933. The van der Waals surface area contributed by atoms with Crippen LogP contribution in [0.2, 0.25) is 0 Å². The molecule has 0 spiro atoms. The number of para-hydroxylation sites is 2. The van der Waals surface area contributed by atoms with E-state index in [1.807, 2.05) is 24.3 Å². The van der Waals surface area contributed by atoms with Crippen molar-refractivity contribution in [3.8, 4) is 11.5 Å². The molecule has 2 aromatic carbocycles. The third-order valence-electron chi connectivity index (χ3n) is 3.49. The molecular formula is C16H14N4O4. The second kappa shape index (κ2) is 6.37. The van der Waals surface area contributed by atoms with Crippen LogP contribution in [0.4, 0.5) is 5.69 Å². The van der Waals surface area contributed by atoms with E-state index in [1.165, 1.54) is 32.6 Å². The monoisotopic (exact) mass is 326 g/mol. The standard InChI is InChI=1S/C16H14N4O4/c1-23-15-7-11(14(20(21)22)8-16(15)24-2)9-18-19-10-17-12-5-3-4-6-13(12)19/h3-10H,1-2H3/b18-9-. The highest BCUT2D eigenvalue weighted by Crippen LogP contribution is 2.33. The lowest BCUT2D eigenvalue weighted by Gasteiger charge is -2.08. The van der Waals surface area contributed by atoms with Gasteiger partial charge in [0.15, 0.2) is 11.5 Å². The number of imidazole rings is 1. The van der Waals surface area contributed by atoms with Crippen LogP contribution < -0.4 is 9.47 Å². The SMILES string of the molecule is COc1cc(/C=N\n2cnc3ccccc32)c([N+](=O)[O-])cc1OC. The van der Waals surface area contributed by atoms with Gasteiger partial charge in [0.25, 0.3) is 5.69 Å². The number of ether oxygens (including phenoxy) is 2. The van der Waals surface area contributed by atoms with Gasteiger partial charge in [-0.3, -0.25) is 10.1 Å². The van der Waals surface area contributed by atoms with Crippen molar-refractivity contribution in [2.45, 2.75) is 0 Å². The first-order valence-corrected chi connectivity index (χ1v) is 7.01. The molecule has 0 aliphatic carbocycles. The first kappa shape index (κ1) is 15.5. The topological polar surface area (TPSA) is 91.8 Å². The zero-order valence-corrected chi connectivity index (χ0v) is 13.0. The molecule has 0 unspecified atom stereocenters. The summed E-state index contributed by atoms with van der Waals surface area (Å²) in [6.07, 6.45) is 2.95. The van der Waals surface area contributed by atoms with Gasteiger partial charge < -0.3 is 9.47 Å². The van der Waals surface area contributed by atoms with Crippen LogP contribution in [-0.2, 0) is 0 Å². The summed E-state index contributed by atoms with van der Waals surface area (Å²) in [6.45, 7) is 0. The van der Waals surface area contributed by atoms with Crippen LogP contribution in [-0.4, -0.2) is 35.0 Å². The maximum atomic E-state index is 11.3. The van der Waals surface area contributed by atoms with Crippen LogP contribution in [0.5, 0.6) is 11.5 Å². The van der Waals surface area contributed by atoms with E-state index >= 15 is 0 Å². The minimum atomic E-state index is -0.491. The summed E-state index contributed by atoms with van der Waals surface area (Å²) in [5, 5.41) is 15.6. The smallest absolute Gasteiger partial charge is 0.282 e. The van der Waals surface area contributed by atoms with Crippen molar-refractivity contribution in [2.24, 2.45) is 5.10 Å². The number of rotatable bonds is 5. The zero-order chi connectivity index (χ0) is 17.1. The first-order valence-electron chi connectivity index (χ1n) is 7.01. The molecule has 0 aliphatic rings. The molecule has 0 fully saturated rings. The van der Waals surface area contributed by atoms with Gasteiger partial charge in [-0.25, -0.2) is 9.66 Å². The van der Waals surface area contributed by atoms with E-state index in [0.29, 0.717) is 11.3 Å². The molecule has 0 amide bonds. The molecule has 0 aliphatic heterocycles. The van der Waals surface area contributed by atoms with Crippen LogP contribution in [0, 0.1) is 10.1 Å². The van der Waals surface area contributed by atoms with E-state index < -0.39 is 4.92 Å². The highest BCUT2D eigenvalue weighted by molar-refractivity contribution is 5.87. The number of aromatic nitrogens is 2. The number of benzene rings is 2. The molecular weight excluding hydrogens is 312 g/mol. The van der Waals surface area contributed by atoms with Crippen LogP contribution in [0.15, 0.2) is 47.8 Å². The van der Waals surface area contributed by atoms with Crippen LogP contribution in [0.3, 0.4) is 0 Å². The second-order valence-electron chi connectivity index (χ2n) is 4.85. The zero-order valence-electron chi connectivity index (χ0n) is 13.0. The fraction of sp³-hybridized carbons (Fsp3) is 0.125. The van der Waals surface area contributed by atoms with E-state index in [-0.39, 0.29) is 11.4 Å². The highest BCUT2D eigenvalue weighted by atomic mass is 16.6. The van der Waals surface area contributed by atoms with Gasteiger partial charge in [-0.15, -0.1) is 0 Å². The number of nitro groups is 1. The molecule has 0 radical (unpaired) electrons. The lowest BCUT2D eigenvalue weighted by atomic mass is 10.1. The Balaban J connectivity index is 2.06. The summed E-state index contributed by atoms with van der Waals surface area (Å²) in [7, 11) is 2.89. The van der Waals surface area contributed by atoms with Gasteiger partial charge in [-0.2, -0.15) is 5.10 Å². The number of nitro benzene ring substituents is 1. The summed E-state index contributed by atoms with van der Waals surface area (Å²) < 4.78 is 11.8. The van der Waals surface area contributed by atoms with Crippen molar-refractivity contribution < 1.29 is 14.4 Å². The number of fused-ring (bicyclic) bond motifs is 1. The van der Waals surface area contributed by atoms with Gasteiger partial charge in [0.2, 0.25) is 0 Å². The predicted octanol–water partition coefficient (Wildman–Crippen LogP) is 2.84. The Morgan fingerprint density at radius 1 is 1.21 bits per heavy atom. The molecule has 0 atom stereocenters. The summed E-state index contributed by atoms with van der Waals surface area (Å²) in [6, 6.07) is 10.3. The van der Waals surface area contributed by atoms with Crippen molar-refractivity contribution >= 4 is 22.9 Å². The van der Waals surface area contributed by atoms with Crippen molar-refractivity contribution in [2.75, 3.05) is 14.2 Å². The molecule has 0 saturated carbocycles. The maximum absolute atomic E-state index is 11.3. The molecule has 8 nitrogen and oxygen atoms in total. The molecule has 8 heteroatoms. The Hall–Kier alpha value is -3.42. The first-order chi connectivity index (χ1) is 11.6. The van der Waals surface area contributed by atoms with Gasteiger partial charge in [-0.1, -0.05) is 12.1 Å². The lowest BCUT2D eigenvalue weighted by molar-refractivity contribution is -0.385. The van der Waals surface area contributed by atoms with Gasteiger partial charge in [0.1, 0.15) is 6.33 Å². The van der Waals surface area contributed by atoms with Crippen LogP contribution >= 0.6 is 0 Å². The van der Waals surface area contributed by atoms with Crippen molar-refractivity contribution in [1.82, 2.24) is 9.66 Å². The highest BCUT2D eigenvalue weighted by Gasteiger charge is 2.18. The lowest BCUT2D eigenvalue weighted by Crippen LogP contribution is -1.99. The van der Waals surface area contributed by atoms with Gasteiger partial charge in [0, 0.05) is 0 Å². The molecule has 1 heterocycles. The number of methoxy groups -OCH3 is 2. The summed E-state index contributed by atoms with van der Waals surface area (Å²) in [4.78, 5) is 15.0. The summed E-state index contributed by atoms with van der Waals surface area (Å²) >= 11 is 0. The van der Waals surface area contributed by atoms with E-state index in [9.17, 15) is 10.1 Å². The largest absolute Gasteiger partial charge is 0.493 e. The third kappa shape index (κ3) is 2.76. The molecule has 122 valence electrons. The minimum Gasteiger partial charge on any atom is -0.493 e. The molecule has 24 heavy (non-hydrogen) atoms. The summed E-state index contributed by atoms with van der Waals surface area (Å²) in [5.74, 6) is 0.675. The summed E-state index contributed by atoms with van der Waals surface area (Å²) in [5.41, 5.74) is 1.77. The molecule has 3 rings (SSSR count). The van der Waals surface area contributed by atoms with Crippen LogP contribution in [0.1, 0.15) is 5.56 Å². The van der Waals surface area contributed by atoms with Gasteiger partial charge in [-0.05, 0) is 18.2 Å². The van der Waals surface area contributed by atoms with Crippen molar-refractivity contribution in [3.05, 3.63) is 58.4 Å². The van der Waals surface area contributed by atoms with E-state index in [2.05, 4.69) is 10.1 Å². The average molecular weight is 326 g/mol. The fourth-order valence-electron chi connectivity index (χ4n) is 2.31. The third-order valence-corrected chi connectivity index (χ3v) is 3.49. The second-order valence-corrected chi connectivity index (χ2v) is 4.85. The van der Waals surface area contributed by atoms with Gasteiger partial charge in [0.05, 0.1) is 48.0 Å².